The van der Waals surface area contributed by atoms with E-state index in [1.807, 2.05) is 74.5 Å². The zero-order valence-corrected chi connectivity index (χ0v) is 15.3. The van der Waals surface area contributed by atoms with E-state index in [2.05, 4.69) is 15.6 Å². The average molecular weight is 369 g/mol. The Morgan fingerprint density at radius 1 is 0.815 bits per heavy atom. The maximum Gasteiger partial charge on any atom is 0.414 e. The molecule has 0 aliphatic carbocycles. The van der Waals surface area contributed by atoms with Gasteiger partial charge in [-0.25, -0.2) is 14.6 Å². The highest BCUT2D eigenvalue weighted by atomic mass is 16.6. The normalized spacial score (nSPS) is 10.0. The van der Waals surface area contributed by atoms with Gasteiger partial charge >= 0.3 is 12.2 Å². The number of nitrogens with zero attached hydrogens (tertiary/aromatic N) is 1. The predicted molar refractivity (Wildman–Crippen MR) is 102 cm³/mol. The SMILES string of the molecule is CC(C)N=C(NC(=O)OCc1ccccc1)NC(=O)OCc1ccccc1. The molecule has 2 aromatic rings. The summed E-state index contributed by atoms with van der Waals surface area (Å²) < 4.78 is 10.3. The van der Waals surface area contributed by atoms with Crippen molar-refractivity contribution in [2.45, 2.75) is 33.1 Å². The van der Waals surface area contributed by atoms with Crippen molar-refractivity contribution >= 4 is 18.1 Å². The highest BCUT2D eigenvalue weighted by molar-refractivity contribution is 6.01. The first-order chi connectivity index (χ1) is 13.0. The minimum absolute atomic E-state index is 0.0267. The van der Waals surface area contributed by atoms with Gasteiger partial charge in [-0.3, -0.25) is 10.6 Å². The van der Waals surface area contributed by atoms with E-state index in [0.717, 1.165) is 11.1 Å². The van der Waals surface area contributed by atoms with Crippen molar-refractivity contribution in [3.63, 3.8) is 0 Å². The van der Waals surface area contributed by atoms with Gasteiger partial charge in [-0.1, -0.05) is 60.7 Å². The molecule has 2 aromatic carbocycles. The predicted octanol–water partition coefficient (Wildman–Crippen LogP) is 3.60. The number of carbonyl (C=O) groups is 2. The number of benzene rings is 2. The molecular formula is C20H23N3O4. The van der Waals surface area contributed by atoms with E-state index in [9.17, 15) is 9.59 Å². The van der Waals surface area contributed by atoms with Crippen molar-refractivity contribution in [3.05, 3.63) is 71.8 Å². The van der Waals surface area contributed by atoms with Gasteiger partial charge in [0.25, 0.3) is 0 Å². The summed E-state index contributed by atoms with van der Waals surface area (Å²) in [6.45, 7) is 3.85. The van der Waals surface area contributed by atoms with E-state index in [4.69, 9.17) is 9.47 Å². The number of carbonyl (C=O) groups excluding carboxylic acids is 2. The summed E-state index contributed by atoms with van der Waals surface area (Å²) in [6.07, 6.45) is -1.44. The second kappa shape index (κ2) is 10.6. The second-order valence-corrected chi connectivity index (χ2v) is 5.94. The second-order valence-electron chi connectivity index (χ2n) is 5.94. The first-order valence-corrected chi connectivity index (χ1v) is 8.56. The third-order valence-electron chi connectivity index (χ3n) is 3.25. The highest BCUT2D eigenvalue weighted by Gasteiger charge is 2.12. The topological polar surface area (TPSA) is 89.0 Å². The highest BCUT2D eigenvalue weighted by Crippen LogP contribution is 2.02. The van der Waals surface area contributed by atoms with Crippen molar-refractivity contribution in [2.75, 3.05) is 0 Å². The van der Waals surface area contributed by atoms with Crippen LogP contribution in [0.25, 0.3) is 0 Å². The molecule has 0 unspecified atom stereocenters. The molecule has 142 valence electrons. The Labute approximate surface area is 158 Å². The van der Waals surface area contributed by atoms with Crippen LogP contribution < -0.4 is 10.6 Å². The monoisotopic (exact) mass is 369 g/mol. The fourth-order valence-corrected chi connectivity index (χ4v) is 2.07. The van der Waals surface area contributed by atoms with Crippen LogP contribution in [0.15, 0.2) is 65.7 Å². The molecule has 0 heterocycles. The van der Waals surface area contributed by atoms with Gasteiger partial charge in [-0.15, -0.1) is 0 Å². The minimum Gasteiger partial charge on any atom is -0.444 e. The van der Waals surface area contributed by atoms with E-state index in [1.165, 1.54) is 0 Å². The van der Waals surface area contributed by atoms with E-state index < -0.39 is 12.2 Å². The maximum atomic E-state index is 12.0. The van der Waals surface area contributed by atoms with E-state index in [-0.39, 0.29) is 25.2 Å². The molecule has 0 radical (unpaired) electrons. The lowest BCUT2D eigenvalue weighted by molar-refractivity contribution is 0.141. The third kappa shape index (κ3) is 8.04. The van der Waals surface area contributed by atoms with Crippen LogP contribution in [0.2, 0.25) is 0 Å². The number of hydrogen-bond donors (Lipinski definition) is 2. The molecule has 0 saturated heterocycles. The summed E-state index contributed by atoms with van der Waals surface area (Å²) in [5, 5.41) is 4.85. The van der Waals surface area contributed by atoms with Crippen LogP contribution in [0, 0.1) is 0 Å². The average Bonchev–Trinajstić information content (AvgIpc) is 2.66. The zero-order valence-electron chi connectivity index (χ0n) is 15.3. The van der Waals surface area contributed by atoms with Crippen LogP contribution >= 0.6 is 0 Å². The Balaban J connectivity index is 1.84. The molecule has 7 nitrogen and oxygen atoms in total. The molecule has 0 atom stereocenters. The summed E-state index contributed by atoms with van der Waals surface area (Å²) >= 11 is 0. The van der Waals surface area contributed by atoms with Crippen LogP contribution in [0.3, 0.4) is 0 Å². The van der Waals surface area contributed by atoms with Gasteiger partial charge in [0.1, 0.15) is 13.2 Å². The van der Waals surface area contributed by atoms with Crippen LogP contribution in [0.4, 0.5) is 9.59 Å². The van der Waals surface area contributed by atoms with Crippen molar-refractivity contribution in [2.24, 2.45) is 4.99 Å². The van der Waals surface area contributed by atoms with Gasteiger partial charge < -0.3 is 9.47 Å². The Bertz CT molecular complexity index is 702. The first-order valence-electron chi connectivity index (χ1n) is 8.56. The van der Waals surface area contributed by atoms with Gasteiger partial charge in [0.05, 0.1) is 0 Å². The molecule has 27 heavy (non-hydrogen) atoms. The number of alkyl carbamates (subject to hydrolysis) is 2. The van der Waals surface area contributed by atoms with Gasteiger partial charge in [0.15, 0.2) is 0 Å². The summed E-state index contributed by atoms with van der Waals surface area (Å²) in [6, 6.07) is 18.4. The molecule has 2 rings (SSSR count). The van der Waals surface area contributed by atoms with E-state index in [0.29, 0.717) is 0 Å². The van der Waals surface area contributed by atoms with Gasteiger partial charge in [0.2, 0.25) is 5.96 Å². The van der Waals surface area contributed by atoms with Gasteiger partial charge in [0, 0.05) is 6.04 Å². The van der Waals surface area contributed by atoms with Crippen LogP contribution in [0.5, 0.6) is 0 Å². The fraction of sp³-hybridized carbons (Fsp3) is 0.250. The molecule has 2 N–H and O–H groups in total. The van der Waals surface area contributed by atoms with Crippen LogP contribution in [-0.2, 0) is 22.7 Å². The Morgan fingerprint density at radius 3 is 1.59 bits per heavy atom. The lowest BCUT2D eigenvalue weighted by Gasteiger charge is -2.12. The molecule has 0 aliphatic rings. The van der Waals surface area contributed by atoms with Gasteiger partial charge in [-0.05, 0) is 25.0 Å². The molecular weight excluding hydrogens is 346 g/mol. The summed E-state index contributed by atoms with van der Waals surface area (Å²) in [5.41, 5.74) is 1.70. The number of ether oxygens (including phenoxy) is 2. The molecule has 7 heteroatoms. The van der Waals surface area contributed by atoms with E-state index in [1.54, 1.807) is 0 Å². The number of rotatable bonds is 5. The van der Waals surface area contributed by atoms with Crippen molar-refractivity contribution < 1.29 is 19.1 Å². The van der Waals surface area contributed by atoms with Crippen LogP contribution in [-0.4, -0.2) is 24.2 Å². The van der Waals surface area contributed by atoms with E-state index >= 15 is 0 Å². The lowest BCUT2D eigenvalue weighted by Crippen LogP contribution is -2.44. The Morgan fingerprint density at radius 2 is 1.22 bits per heavy atom. The molecule has 2 amide bonds. The number of hydrogen-bond acceptors (Lipinski definition) is 5. The maximum absolute atomic E-state index is 12.0. The molecule has 0 saturated carbocycles. The first kappa shape index (κ1) is 20.0. The summed E-state index contributed by atoms with van der Waals surface area (Å²) in [4.78, 5) is 28.1. The Hall–Kier alpha value is -3.35. The minimum atomic E-state index is -0.721. The molecule has 0 aromatic heterocycles. The number of guanidine groups is 1. The quantitative estimate of drug-likeness (QED) is 0.622. The number of aliphatic imine (C=N–C) groups is 1. The van der Waals surface area contributed by atoms with Crippen molar-refractivity contribution in [1.29, 1.82) is 0 Å². The summed E-state index contributed by atoms with van der Waals surface area (Å²) in [5.74, 6) is -0.0267. The number of amides is 2. The summed E-state index contributed by atoms with van der Waals surface area (Å²) in [7, 11) is 0. The van der Waals surface area contributed by atoms with Crippen molar-refractivity contribution in [3.8, 4) is 0 Å². The fourth-order valence-electron chi connectivity index (χ4n) is 2.07. The molecule has 0 aliphatic heterocycles. The third-order valence-corrected chi connectivity index (χ3v) is 3.25. The Kier molecular flexibility index (Phi) is 7.84. The molecule has 0 fully saturated rings. The number of nitrogens with one attached hydrogen (secondary N) is 2. The zero-order chi connectivity index (χ0) is 19.5. The standard InChI is InChI=1S/C20H23N3O4/c1-15(2)21-18(22-19(24)26-13-16-9-5-3-6-10-16)23-20(25)27-14-17-11-7-4-8-12-17/h3-12,15H,13-14H2,1-2H3,(H2,21,22,23,24,25). The largest absolute Gasteiger partial charge is 0.444 e. The van der Waals surface area contributed by atoms with Crippen LogP contribution in [0.1, 0.15) is 25.0 Å². The molecule has 0 bridgehead atoms. The van der Waals surface area contributed by atoms with Crippen molar-refractivity contribution in [1.82, 2.24) is 10.6 Å². The lowest BCUT2D eigenvalue weighted by atomic mass is 10.2. The van der Waals surface area contributed by atoms with Gasteiger partial charge in [-0.2, -0.15) is 0 Å². The smallest absolute Gasteiger partial charge is 0.414 e. The molecule has 0 spiro atoms.